The maximum Gasteiger partial charge on any atom is 0.0594 e. The van der Waals surface area contributed by atoms with Crippen LogP contribution in [0.5, 0.6) is 0 Å². The van der Waals surface area contributed by atoms with Crippen LogP contribution in [0.2, 0.25) is 0 Å². The third-order valence-corrected chi connectivity index (χ3v) is 4.49. The number of fused-ring (bicyclic) bond motifs is 1. The quantitative estimate of drug-likeness (QED) is 0.903. The van der Waals surface area contributed by atoms with Crippen LogP contribution in [0.15, 0.2) is 12.3 Å². The summed E-state index contributed by atoms with van der Waals surface area (Å²) in [5.41, 5.74) is 9.05. The lowest BCUT2D eigenvalue weighted by Crippen LogP contribution is -2.39. The molecule has 2 aliphatic rings. The summed E-state index contributed by atoms with van der Waals surface area (Å²) >= 11 is 0. The van der Waals surface area contributed by atoms with Crippen LogP contribution in [0.3, 0.4) is 0 Å². The Balaban J connectivity index is 1.71. The zero-order valence-corrected chi connectivity index (χ0v) is 11.8. The number of nitrogens with zero attached hydrogens (tertiary/aromatic N) is 2. The number of ether oxygens (including phenoxy) is 1. The Hall–Kier alpha value is -0.840. The third kappa shape index (κ3) is 2.71. The predicted octanol–water partition coefficient (Wildman–Crippen LogP) is 1.72. The number of rotatable bonds is 3. The van der Waals surface area contributed by atoms with Gasteiger partial charge in [0, 0.05) is 43.6 Å². The Morgan fingerprint density at radius 1 is 1.42 bits per heavy atom. The van der Waals surface area contributed by atoms with Gasteiger partial charge in [0.15, 0.2) is 0 Å². The van der Waals surface area contributed by atoms with Crippen molar-refractivity contribution in [1.29, 1.82) is 0 Å². The summed E-state index contributed by atoms with van der Waals surface area (Å²) in [5, 5.41) is 0. The molecule has 0 aromatic carbocycles. The zero-order chi connectivity index (χ0) is 13.2. The van der Waals surface area contributed by atoms with Crippen molar-refractivity contribution in [3.05, 3.63) is 23.5 Å². The van der Waals surface area contributed by atoms with Gasteiger partial charge in [0.25, 0.3) is 0 Å². The van der Waals surface area contributed by atoms with Gasteiger partial charge >= 0.3 is 0 Å². The van der Waals surface area contributed by atoms with Gasteiger partial charge in [-0.3, -0.25) is 4.90 Å². The first-order valence-corrected chi connectivity index (χ1v) is 7.51. The minimum atomic E-state index is 0.251. The van der Waals surface area contributed by atoms with E-state index < -0.39 is 0 Å². The van der Waals surface area contributed by atoms with Crippen LogP contribution in [0, 0.1) is 0 Å². The highest BCUT2D eigenvalue weighted by Gasteiger charge is 2.23. The van der Waals surface area contributed by atoms with Gasteiger partial charge < -0.3 is 15.0 Å². The van der Waals surface area contributed by atoms with Gasteiger partial charge in [0.1, 0.15) is 0 Å². The van der Waals surface area contributed by atoms with Gasteiger partial charge in [-0.25, -0.2) is 0 Å². The van der Waals surface area contributed by atoms with E-state index in [0.29, 0.717) is 6.04 Å². The van der Waals surface area contributed by atoms with Crippen LogP contribution >= 0.6 is 0 Å². The van der Waals surface area contributed by atoms with E-state index in [2.05, 4.69) is 28.7 Å². The van der Waals surface area contributed by atoms with Crippen LogP contribution in [0.25, 0.3) is 0 Å². The summed E-state index contributed by atoms with van der Waals surface area (Å²) in [5.74, 6) is 0. The summed E-state index contributed by atoms with van der Waals surface area (Å²) in [7, 11) is 0. The van der Waals surface area contributed by atoms with Gasteiger partial charge in [-0.2, -0.15) is 0 Å². The number of hydrogen-bond acceptors (Lipinski definition) is 3. The normalized spacial score (nSPS) is 26.1. The predicted molar refractivity (Wildman–Crippen MR) is 76.3 cm³/mol. The molecule has 1 fully saturated rings. The van der Waals surface area contributed by atoms with Gasteiger partial charge in [-0.1, -0.05) is 0 Å². The first kappa shape index (κ1) is 13.2. The van der Waals surface area contributed by atoms with Crippen LogP contribution in [-0.2, 0) is 11.2 Å². The van der Waals surface area contributed by atoms with Crippen molar-refractivity contribution in [3.8, 4) is 0 Å². The molecule has 4 nitrogen and oxygen atoms in total. The first-order valence-electron chi connectivity index (χ1n) is 7.51. The van der Waals surface area contributed by atoms with E-state index in [1.807, 2.05) is 0 Å². The Morgan fingerprint density at radius 2 is 2.21 bits per heavy atom. The van der Waals surface area contributed by atoms with Crippen LogP contribution in [0.4, 0.5) is 0 Å². The molecule has 1 aliphatic heterocycles. The van der Waals surface area contributed by atoms with Crippen molar-refractivity contribution < 1.29 is 4.74 Å². The molecule has 0 radical (unpaired) electrons. The van der Waals surface area contributed by atoms with Gasteiger partial charge in [-0.05, 0) is 37.8 Å². The topological polar surface area (TPSA) is 43.4 Å². The molecule has 0 bridgehead atoms. The van der Waals surface area contributed by atoms with Gasteiger partial charge in [-0.15, -0.1) is 0 Å². The van der Waals surface area contributed by atoms with E-state index in [0.717, 1.165) is 39.3 Å². The summed E-state index contributed by atoms with van der Waals surface area (Å²) in [6.07, 6.45) is 5.78. The standard InChI is InChI=1S/C15H25N3O/c1-12(11-17-7-9-19-10-8-17)18-6-5-13-14(16)3-2-4-15(13)18/h5-6,12,14H,2-4,7-11,16H2,1H3. The van der Waals surface area contributed by atoms with Gasteiger partial charge in [0.2, 0.25) is 0 Å². The summed E-state index contributed by atoms with van der Waals surface area (Å²) < 4.78 is 7.86. The highest BCUT2D eigenvalue weighted by molar-refractivity contribution is 5.28. The fourth-order valence-corrected chi connectivity index (χ4v) is 3.41. The second kappa shape index (κ2) is 5.65. The van der Waals surface area contributed by atoms with Gasteiger partial charge in [0.05, 0.1) is 13.2 Å². The molecule has 1 aromatic rings. The highest BCUT2D eigenvalue weighted by Crippen LogP contribution is 2.30. The average Bonchev–Trinajstić information content (AvgIpc) is 2.85. The number of nitrogens with two attached hydrogens (primary N) is 1. The van der Waals surface area contributed by atoms with Crippen molar-refractivity contribution >= 4 is 0 Å². The molecule has 19 heavy (non-hydrogen) atoms. The smallest absolute Gasteiger partial charge is 0.0594 e. The molecule has 1 aliphatic carbocycles. The molecule has 0 amide bonds. The van der Waals surface area contributed by atoms with Crippen LogP contribution in [0.1, 0.15) is 43.1 Å². The van der Waals surface area contributed by atoms with Crippen molar-refractivity contribution in [3.63, 3.8) is 0 Å². The third-order valence-electron chi connectivity index (χ3n) is 4.49. The maximum absolute atomic E-state index is 6.20. The molecule has 2 atom stereocenters. The molecule has 1 saturated heterocycles. The Labute approximate surface area is 115 Å². The van der Waals surface area contributed by atoms with E-state index in [1.54, 1.807) is 0 Å². The molecule has 3 rings (SSSR count). The SMILES string of the molecule is CC(CN1CCOCC1)n1ccc2c1CCCC2N. The highest BCUT2D eigenvalue weighted by atomic mass is 16.5. The van der Waals surface area contributed by atoms with Crippen molar-refractivity contribution in [2.45, 2.75) is 38.3 Å². The largest absolute Gasteiger partial charge is 0.379 e. The Kier molecular flexibility index (Phi) is 3.91. The van der Waals surface area contributed by atoms with E-state index in [9.17, 15) is 0 Å². The van der Waals surface area contributed by atoms with Crippen molar-refractivity contribution in [2.75, 3.05) is 32.8 Å². The van der Waals surface area contributed by atoms with Crippen molar-refractivity contribution in [2.24, 2.45) is 5.73 Å². The molecule has 106 valence electrons. The number of morpholine rings is 1. The van der Waals surface area contributed by atoms with E-state index in [4.69, 9.17) is 10.5 Å². The molecular formula is C15H25N3O. The molecule has 2 unspecified atom stereocenters. The lowest BCUT2D eigenvalue weighted by atomic mass is 9.93. The number of aromatic nitrogens is 1. The first-order chi connectivity index (χ1) is 9.25. The monoisotopic (exact) mass is 263 g/mol. The summed E-state index contributed by atoms with van der Waals surface area (Å²) in [6, 6.07) is 3.00. The minimum Gasteiger partial charge on any atom is -0.379 e. The van der Waals surface area contributed by atoms with Crippen molar-refractivity contribution in [1.82, 2.24) is 9.47 Å². The Bertz CT molecular complexity index is 423. The summed E-state index contributed by atoms with van der Waals surface area (Å²) in [6.45, 7) is 7.30. The van der Waals surface area contributed by atoms with Crippen LogP contribution in [-0.4, -0.2) is 42.3 Å². The molecule has 4 heteroatoms. The molecule has 2 heterocycles. The molecule has 1 aromatic heterocycles. The fraction of sp³-hybridized carbons (Fsp3) is 0.733. The molecule has 0 saturated carbocycles. The van der Waals surface area contributed by atoms with Crippen LogP contribution < -0.4 is 5.73 Å². The lowest BCUT2D eigenvalue weighted by Gasteiger charge is -2.31. The minimum absolute atomic E-state index is 0.251. The fourth-order valence-electron chi connectivity index (χ4n) is 3.41. The average molecular weight is 263 g/mol. The maximum atomic E-state index is 6.20. The molecule has 0 spiro atoms. The molecule has 2 N–H and O–H groups in total. The zero-order valence-electron chi connectivity index (χ0n) is 11.8. The lowest BCUT2D eigenvalue weighted by molar-refractivity contribution is 0.0324. The number of hydrogen-bond donors (Lipinski definition) is 1. The van der Waals surface area contributed by atoms with E-state index in [-0.39, 0.29) is 6.04 Å². The van der Waals surface area contributed by atoms with E-state index >= 15 is 0 Å². The van der Waals surface area contributed by atoms with E-state index in [1.165, 1.54) is 24.1 Å². The second-order valence-corrected chi connectivity index (χ2v) is 5.89. The Morgan fingerprint density at radius 3 is 3.00 bits per heavy atom. The summed E-state index contributed by atoms with van der Waals surface area (Å²) in [4.78, 5) is 2.50. The molecular weight excluding hydrogens is 238 g/mol. The second-order valence-electron chi connectivity index (χ2n) is 5.89.